The van der Waals surface area contributed by atoms with E-state index in [1.807, 2.05) is 0 Å². The van der Waals surface area contributed by atoms with Crippen molar-refractivity contribution < 1.29 is 0 Å². The summed E-state index contributed by atoms with van der Waals surface area (Å²) in [6.07, 6.45) is 1.11. The molecule has 0 radical (unpaired) electrons. The van der Waals surface area contributed by atoms with Crippen molar-refractivity contribution in [3.05, 3.63) is 69.7 Å². The summed E-state index contributed by atoms with van der Waals surface area (Å²) in [5, 5.41) is 3.44. The van der Waals surface area contributed by atoms with Crippen molar-refractivity contribution in [3.8, 4) is 0 Å². The molecule has 0 atom stereocenters. The molecule has 2 aromatic carbocycles. The molecule has 3 rings (SSSR count). The summed E-state index contributed by atoms with van der Waals surface area (Å²) in [4.78, 5) is 0. The Bertz CT molecular complexity index is 570. The molecule has 1 saturated heterocycles. The highest BCUT2D eigenvalue weighted by molar-refractivity contribution is 9.10. The zero-order valence-electron chi connectivity index (χ0n) is 11.1. The van der Waals surface area contributed by atoms with Gasteiger partial charge in [-0.1, -0.05) is 57.9 Å². The molecule has 0 amide bonds. The van der Waals surface area contributed by atoms with E-state index in [1.54, 1.807) is 0 Å². The topological polar surface area (TPSA) is 12.0 Å². The fraction of sp³-hybridized carbons (Fsp3) is 0.294. The van der Waals surface area contributed by atoms with Crippen LogP contribution in [0.3, 0.4) is 0 Å². The molecule has 1 heterocycles. The summed E-state index contributed by atoms with van der Waals surface area (Å²) in [5.74, 6) is 0. The van der Waals surface area contributed by atoms with Gasteiger partial charge in [-0.25, -0.2) is 0 Å². The van der Waals surface area contributed by atoms with Crippen molar-refractivity contribution >= 4 is 15.9 Å². The second-order valence-corrected chi connectivity index (χ2v) is 6.47. The third-order valence-electron chi connectivity index (χ3n) is 4.01. The first-order chi connectivity index (χ1) is 9.18. The van der Waals surface area contributed by atoms with Crippen LogP contribution in [0.15, 0.2) is 53.0 Å². The molecule has 0 spiro atoms. The van der Waals surface area contributed by atoms with Gasteiger partial charge in [0.1, 0.15) is 0 Å². The molecule has 2 aromatic rings. The van der Waals surface area contributed by atoms with Crippen LogP contribution in [0.5, 0.6) is 0 Å². The molecule has 0 aromatic heterocycles. The largest absolute Gasteiger partial charge is 0.315 e. The van der Waals surface area contributed by atoms with Crippen molar-refractivity contribution in [2.75, 3.05) is 13.1 Å². The molecule has 1 aliphatic heterocycles. The van der Waals surface area contributed by atoms with Gasteiger partial charge in [-0.2, -0.15) is 0 Å². The van der Waals surface area contributed by atoms with Crippen LogP contribution < -0.4 is 5.32 Å². The number of halogens is 1. The Morgan fingerprint density at radius 1 is 1.11 bits per heavy atom. The number of nitrogens with one attached hydrogen (secondary N) is 1. The molecule has 0 saturated carbocycles. The number of benzene rings is 2. The Kier molecular flexibility index (Phi) is 3.46. The van der Waals surface area contributed by atoms with E-state index in [0.29, 0.717) is 0 Å². The van der Waals surface area contributed by atoms with E-state index in [1.165, 1.54) is 16.7 Å². The number of hydrogen-bond donors (Lipinski definition) is 1. The first-order valence-electron chi connectivity index (χ1n) is 6.70. The van der Waals surface area contributed by atoms with Gasteiger partial charge in [-0.05, 0) is 36.6 Å². The Morgan fingerprint density at radius 3 is 2.42 bits per heavy atom. The van der Waals surface area contributed by atoms with Crippen LogP contribution in [0.2, 0.25) is 0 Å². The average molecular weight is 316 g/mol. The van der Waals surface area contributed by atoms with E-state index in [2.05, 4.69) is 76.7 Å². The van der Waals surface area contributed by atoms with Gasteiger partial charge in [0.2, 0.25) is 0 Å². The number of hydrogen-bond acceptors (Lipinski definition) is 1. The summed E-state index contributed by atoms with van der Waals surface area (Å²) >= 11 is 3.51. The maximum absolute atomic E-state index is 3.51. The molecule has 1 aliphatic rings. The standard InChI is InChI=1S/C17H18BrN/c1-13-3-2-4-14(9-13)10-17(11-19-12-17)15-5-7-16(18)8-6-15/h2-9,19H,10-12H2,1H3. The average Bonchev–Trinajstić information content (AvgIpc) is 2.35. The van der Waals surface area contributed by atoms with Crippen LogP contribution in [-0.2, 0) is 11.8 Å². The van der Waals surface area contributed by atoms with Crippen molar-refractivity contribution in [1.82, 2.24) is 5.32 Å². The smallest absolute Gasteiger partial charge is 0.0242 e. The van der Waals surface area contributed by atoms with Gasteiger partial charge in [-0.3, -0.25) is 0 Å². The normalized spacial score (nSPS) is 16.9. The molecule has 1 fully saturated rings. The molecular formula is C17H18BrN. The van der Waals surface area contributed by atoms with Crippen molar-refractivity contribution in [3.63, 3.8) is 0 Å². The molecular weight excluding hydrogens is 298 g/mol. The zero-order chi connectivity index (χ0) is 13.3. The second kappa shape index (κ2) is 5.10. The van der Waals surface area contributed by atoms with Gasteiger partial charge < -0.3 is 5.32 Å². The molecule has 98 valence electrons. The molecule has 1 nitrogen and oxygen atoms in total. The minimum Gasteiger partial charge on any atom is -0.315 e. The van der Waals surface area contributed by atoms with Crippen molar-refractivity contribution in [2.24, 2.45) is 0 Å². The van der Waals surface area contributed by atoms with Crippen LogP contribution in [0.25, 0.3) is 0 Å². The molecule has 0 unspecified atom stereocenters. The Morgan fingerprint density at radius 2 is 1.84 bits per heavy atom. The fourth-order valence-corrected chi connectivity index (χ4v) is 3.14. The van der Waals surface area contributed by atoms with Gasteiger partial charge in [-0.15, -0.1) is 0 Å². The third-order valence-corrected chi connectivity index (χ3v) is 4.54. The van der Waals surface area contributed by atoms with Crippen LogP contribution in [-0.4, -0.2) is 13.1 Å². The molecule has 0 aliphatic carbocycles. The van der Waals surface area contributed by atoms with E-state index >= 15 is 0 Å². The summed E-state index contributed by atoms with van der Waals surface area (Å²) in [6.45, 7) is 4.31. The van der Waals surface area contributed by atoms with Gasteiger partial charge in [0.15, 0.2) is 0 Å². The monoisotopic (exact) mass is 315 g/mol. The third kappa shape index (κ3) is 2.60. The minimum absolute atomic E-state index is 0.272. The number of rotatable bonds is 3. The molecule has 2 heteroatoms. The van der Waals surface area contributed by atoms with Crippen LogP contribution in [0.1, 0.15) is 16.7 Å². The van der Waals surface area contributed by atoms with E-state index in [0.717, 1.165) is 24.0 Å². The first-order valence-corrected chi connectivity index (χ1v) is 7.50. The van der Waals surface area contributed by atoms with Crippen LogP contribution in [0.4, 0.5) is 0 Å². The lowest BCUT2D eigenvalue weighted by atomic mass is 9.71. The lowest BCUT2D eigenvalue weighted by molar-refractivity contribution is 0.274. The van der Waals surface area contributed by atoms with Gasteiger partial charge >= 0.3 is 0 Å². The second-order valence-electron chi connectivity index (χ2n) is 5.56. The lowest BCUT2D eigenvalue weighted by Crippen LogP contribution is -2.58. The Balaban J connectivity index is 1.89. The minimum atomic E-state index is 0.272. The highest BCUT2D eigenvalue weighted by Crippen LogP contribution is 2.33. The predicted octanol–water partition coefficient (Wildman–Crippen LogP) is 3.84. The van der Waals surface area contributed by atoms with Crippen LogP contribution >= 0.6 is 15.9 Å². The highest BCUT2D eigenvalue weighted by Gasteiger charge is 2.38. The number of aryl methyl sites for hydroxylation is 1. The van der Waals surface area contributed by atoms with E-state index in [9.17, 15) is 0 Å². The maximum atomic E-state index is 3.51. The lowest BCUT2D eigenvalue weighted by Gasteiger charge is -2.43. The van der Waals surface area contributed by atoms with E-state index in [4.69, 9.17) is 0 Å². The van der Waals surface area contributed by atoms with Gasteiger partial charge in [0.05, 0.1) is 0 Å². The summed E-state index contributed by atoms with van der Waals surface area (Å²) in [7, 11) is 0. The van der Waals surface area contributed by atoms with Crippen molar-refractivity contribution in [1.29, 1.82) is 0 Å². The molecule has 19 heavy (non-hydrogen) atoms. The summed E-state index contributed by atoms with van der Waals surface area (Å²) < 4.78 is 1.15. The van der Waals surface area contributed by atoms with Crippen molar-refractivity contribution in [2.45, 2.75) is 18.8 Å². The predicted molar refractivity (Wildman–Crippen MR) is 83.6 cm³/mol. The van der Waals surface area contributed by atoms with E-state index in [-0.39, 0.29) is 5.41 Å². The first kappa shape index (κ1) is 12.9. The zero-order valence-corrected chi connectivity index (χ0v) is 12.7. The molecule has 1 N–H and O–H groups in total. The summed E-state index contributed by atoms with van der Waals surface area (Å²) in [5.41, 5.74) is 4.49. The SMILES string of the molecule is Cc1cccc(CC2(c3ccc(Br)cc3)CNC2)c1. The maximum Gasteiger partial charge on any atom is 0.0242 e. The highest BCUT2D eigenvalue weighted by atomic mass is 79.9. The van der Waals surface area contributed by atoms with Crippen LogP contribution in [0, 0.1) is 6.92 Å². The fourth-order valence-electron chi connectivity index (χ4n) is 2.87. The quantitative estimate of drug-likeness (QED) is 0.907. The van der Waals surface area contributed by atoms with E-state index < -0.39 is 0 Å². The Labute approximate surface area is 123 Å². The van der Waals surface area contributed by atoms with Gasteiger partial charge in [0, 0.05) is 23.0 Å². The summed E-state index contributed by atoms with van der Waals surface area (Å²) in [6, 6.07) is 17.7. The Hall–Kier alpha value is -1.12. The molecule has 0 bridgehead atoms. The van der Waals surface area contributed by atoms with Gasteiger partial charge in [0.25, 0.3) is 0 Å².